The van der Waals surface area contributed by atoms with E-state index in [4.69, 9.17) is 9.47 Å². The number of nitrogens with zero attached hydrogens (tertiary/aromatic N) is 1. The van der Waals surface area contributed by atoms with Crippen molar-refractivity contribution in [2.45, 2.75) is 38.0 Å². The van der Waals surface area contributed by atoms with Crippen LogP contribution in [0.25, 0.3) is 0 Å². The van der Waals surface area contributed by atoms with E-state index < -0.39 is 12.7 Å². The van der Waals surface area contributed by atoms with E-state index in [0.717, 1.165) is 29.9 Å². The maximum Gasteiger partial charge on any atom is 0.401 e. The summed E-state index contributed by atoms with van der Waals surface area (Å²) in [7, 11) is 0. The summed E-state index contributed by atoms with van der Waals surface area (Å²) < 4.78 is 48.4. The first-order valence-electron chi connectivity index (χ1n) is 8.35. The van der Waals surface area contributed by atoms with Crippen molar-refractivity contribution in [1.82, 2.24) is 10.2 Å². The van der Waals surface area contributed by atoms with Gasteiger partial charge in [-0.2, -0.15) is 13.2 Å². The summed E-state index contributed by atoms with van der Waals surface area (Å²) in [5, 5.41) is 3.52. The summed E-state index contributed by atoms with van der Waals surface area (Å²) in [4.78, 5) is 1.48. The Morgan fingerprint density at radius 3 is 2.50 bits per heavy atom. The zero-order chi connectivity index (χ0) is 17.2. The van der Waals surface area contributed by atoms with Crippen molar-refractivity contribution in [3.63, 3.8) is 0 Å². The van der Waals surface area contributed by atoms with E-state index in [2.05, 4.69) is 12.2 Å². The van der Waals surface area contributed by atoms with Gasteiger partial charge in [-0.1, -0.05) is 6.07 Å². The second-order valence-electron chi connectivity index (χ2n) is 6.46. The van der Waals surface area contributed by atoms with Crippen molar-refractivity contribution in [1.29, 1.82) is 0 Å². The number of hydrogen-bond acceptors (Lipinski definition) is 4. The van der Waals surface area contributed by atoms with E-state index in [-0.39, 0.29) is 12.1 Å². The molecular weight excluding hydrogens is 321 g/mol. The Morgan fingerprint density at radius 1 is 1.17 bits per heavy atom. The number of benzene rings is 1. The standard InChI is InChI=1S/C17H23F3N2O2/c1-12(13-2-3-15-16(10-13)24-9-8-23-15)21-14-4-6-22(7-5-14)11-17(18,19)20/h2-3,10,12,14,21H,4-9,11H2,1H3. The molecule has 1 aromatic carbocycles. The van der Waals surface area contributed by atoms with Gasteiger partial charge >= 0.3 is 6.18 Å². The highest BCUT2D eigenvalue weighted by Gasteiger charge is 2.32. The van der Waals surface area contributed by atoms with E-state index in [0.29, 0.717) is 26.3 Å². The zero-order valence-corrected chi connectivity index (χ0v) is 13.7. The van der Waals surface area contributed by atoms with Crippen LogP contribution in [0, 0.1) is 0 Å². The van der Waals surface area contributed by atoms with Crippen LogP contribution in [0.3, 0.4) is 0 Å². The van der Waals surface area contributed by atoms with Gasteiger partial charge in [0.05, 0.1) is 6.54 Å². The topological polar surface area (TPSA) is 33.7 Å². The summed E-state index contributed by atoms with van der Waals surface area (Å²) in [5.41, 5.74) is 1.09. The highest BCUT2D eigenvalue weighted by atomic mass is 19.4. The second kappa shape index (κ2) is 7.19. The SMILES string of the molecule is CC(NC1CCN(CC(F)(F)F)CC1)c1ccc2c(c1)OCCO2. The number of nitrogens with one attached hydrogen (secondary N) is 1. The predicted molar refractivity (Wildman–Crippen MR) is 84.5 cm³/mol. The highest BCUT2D eigenvalue weighted by molar-refractivity contribution is 5.44. The van der Waals surface area contributed by atoms with Gasteiger partial charge in [0.25, 0.3) is 0 Å². The van der Waals surface area contributed by atoms with Crippen LogP contribution in [0.4, 0.5) is 13.2 Å². The molecule has 0 spiro atoms. The molecule has 7 heteroatoms. The van der Waals surface area contributed by atoms with E-state index in [1.165, 1.54) is 4.90 Å². The molecule has 1 unspecified atom stereocenters. The average molecular weight is 344 g/mol. The molecule has 3 rings (SSSR count). The Bertz CT molecular complexity index is 557. The van der Waals surface area contributed by atoms with Crippen molar-refractivity contribution in [3.8, 4) is 11.5 Å². The van der Waals surface area contributed by atoms with Gasteiger partial charge in [-0.25, -0.2) is 0 Å². The summed E-state index contributed by atoms with van der Waals surface area (Å²) >= 11 is 0. The maximum absolute atomic E-state index is 12.4. The van der Waals surface area contributed by atoms with Crippen molar-refractivity contribution < 1.29 is 22.6 Å². The molecule has 4 nitrogen and oxygen atoms in total. The van der Waals surface area contributed by atoms with Crippen LogP contribution in [0.2, 0.25) is 0 Å². The van der Waals surface area contributed by atoms with Crippen LogP contribution < -0.4 is 14.8 Å². The van der Waals surface area contributed by atoms with Gasteiger partial charge in [0.2, 0.25) is 0 Å². The fourth-order valence-corrected chi connectivity index (χ4v) is 3.29. The number of halogens is 3. The molecule has 0 radical (unpaired) electrons. The van der Waals surface area contributed by atoms with Gasteiger partial charge in [-0.15, -0.1) is 0 Å². The van der Waals surface area contributed by atoms with Gasteiger partial charge in [-0.3, -0.25) is 4.90 Å². The molecule has 0 aliphatic carbocycles. The Balaban J connectivity index is 1.52. The van der Waals surface area contributed by atoms with E-state index >= 15 is 0 Å². The van der Waals surface area contributed by atoms with E-state index in [1.54, 1.807) is 0 Å². The first kappa shape index (κ1) is 17.4. The zero-order valence-electron chi connectivity index (χ0n) is 13.7. The Labute approximate surface area is 139 Å². The van der Waals surface area contributed by atoms with Crippen molar-refractivity contribution in [2.24, 2.45) is 0 Å². The Kier molecular flexibility index (Phi) is 5.20. The van der Waals surface area contributed by atoms with Crippen molar-refractivity contribution in [3.05, 3.63) is 23.8 Å². The van der Waals surface area contributed by atoms with Gasteiger partial charge < -0.3 is 14.8 Å². The number of likely N-dealkylation sites (tertiary alicyclic amines) is 1. The van der Waals surface area contributed by atoms with Crippen LogP contribution in [0.5, 0.6) is 11.5 Å². The van der Waals surface area contributed by atoms with E-state index in [9.17, 15) is 13.2 Å². The maximum atomic E-state index is 12.4. The van der Waals surface area contributed by atoms with Crippen molar-refractivity contribution in [2.75, 3.05) is 32.8 Å². The number of fused-ring (bicyclic) bond motifs is 1. The van der Waals surface area contributed by atoms with Crippen LogP contribution in [-0.2, 0) is 0 Å². The third-order valence-corrected chi connectivity index (χ3v) is 4.54. The van der Waals surface area contributed by atoms with Gasteiger partial charge in [0.1, 0.15) is 13.2 Å². The molecule has 0 aromatic heterocycles. The molecule has 2 aliphatic rings. The van der Waals surface area contributed by atoms with Crippen LogP contribution in [-0.4, -0.2) is 50.0 Å². The van der Waals surface area contributed by atoms with Crippen LogP contribution in [0.15, 0.2) is 18.2 Å². The number of hydrogen-bond donors (Lipinski definition) is 1. The second-order valence-corrected chi connectivity index (χ2v) is 6.46. The number of piperidine rings is 1. The normalized spacial score (nSPS) is 20.8. The largest absolute Gasteiger partial charge is 0.486 e. The molecule has 1 saturated heterocycles. The first-order chi connectivity index (χ1) is 11.4. The molecule has 1 atom stereocenters. The summed E-state index contributed by atoms with van der Waals surface area (Å²) in [5.74, 6) is 1.52. The first-order valence-corrected chi connectivity index (χ1v) is 8.35. The lowest BCUT2D eigenvalue weighted by Crippen LogP contribution is -2.46. The smallest absolute Gasteiger partial charge is 0.401 e. The molecule has 1 N–H and O–H groups in total. The summed E-state index contributed by atoms with van der Waals surface area (Å²) in [6.07, 6.45) is -2.66. The molecule has 0 saturated carbocycles. The molecule has 1 aromatic rings. The van der Waals surface area contributed by atoms with Gasteiger partial charge in [0.15, 0.2) is 11.5 Å². The van der Waals surface area contributed by atoms with E-state index in [1.807, 2.05) is 18.2 Å². The highest BCUT2D eigenvalue weighted by Crippen LogP contribution is 2.33. The summed E-state index contributed by atoms with van der Waals surface area (Å²) in [6, 6.07) is 6.24. The lowest BCUT2D eigenvalue weighted by atomic mass is 10.0. The third-order valence-electron chi connectivity index (χ3n) is 4.54. The Morgan fingerprint density at radius 2 is 1.83 bits per heavy atom. The number of rotatable bonds is 4. The fourth-order valence-electron chi connectivity index (χ4n) is 3.29. The molecule has 0 bridgehead atoms. The lowest BCUT2D eigenvalue weighted by Gasteiger charge is -2.34. The van der Waals surface area contributed by atoms with Gasteiger partial charge in [0, 0.05) is 12.1 Å². The molecule has 2 heterocycles. The fraction of sp³-hybridized carbons (Fsp3) is 0.647. The third kappa shape index (κ3) is 4.54. The molecule has 134 valence electrons. The molecule has 2 aliphatic heterocycles. The number of alkyl halides is 3. The molecule has 24 heavy (non-hydrogen) atoms. The minimum absolute atomic E-state index is 0.111. The van der Waals surface area contributed by atoms with Crippen LogP contribution >= 0.6 is 0 Å². The van der Waals surface area contributed by atoms with Gasteiger partial charge in [-0.05, 0) is 50.6 Å². The Hall–Kier alpha value is -1.47. The molecule has 0 amide bonds. The lowest BCUT2D eigenvalue weighted by molar-refractivity contribution is -0.148. The minimum Gasteiger partial charge on any atom is -0.486 e. The number of ether oxygens (including phenoxy) is 2. The monoisotopic (exact) mass is 344 g/mol. The average Bonchev–Trinajstić information content (AvgIpc) is 2.55. The van der Waals surface area contributed by atoms with Crippen molar-refractivity contribution >= 4 is 0 Å². The summed E-state index contributed by atoms with van der Waals surface area (Å²) in [6.45, 7) is 3.33. The quantitative estimate of drug-likeness (QED) is 0.910. The molecule has 1 fully saturated rings. The molecular formula is C17H23F3N2O2. The van der Waals surface area contributed by atoms with Crippen LogP contribution in [0.1, 0.15) is 31.4 Å². The predicted octanol–water partition coefficient (Wildman–Crippen LogP) is 3.14. The minimum atomic E-state index is -4.11.